The Labute approximate surface area is 148 Å². The molecule has 138 valence electrons. The second kappa shape index (κ2) is 10.0. The maximum Gasteiger partial charge on any atom is 0.191 e. The lowest BCUT2D eigenvalue weighted by molar-refractivity contribution is 0.119. The van der Waals surface area contributed by atoms with Crippen LogP contribution in [0.3, 0.4) is 0 Å². The van der Waals surface area contributed by atoms with Gasteiger partial charge in [-0.15, -0.1) is 6.58 Å². The molecule has 2 fully saturated rings. The Morgan fingerprint density at radius 2 is 1.96 bits per heavy atom. The molecule has 0 radical (unpaired) electrons. The first kappa shape index (κ1) is 19.2. The molecule has 1 atom stereocenters. The summed E-state index contributed by atoms with van der Waals surface area (Å²) < 4.78 is 0. The smallest absolute Gasteiger partial charge is 0.191 e. The van der Waals surface area contributed by atoms with Crippen LogP contribution in [-0.2, 0) is 0 Å². The Bertz CT molecular complexity index is 402. The largest absolute Gasteiger partial charge is 0.357 e. The van der Waals surface area contributed by atoms with Crippen molar-refractivity contribution in [3.63, 3.8) is 0 Å². The van der Waals surface area contributed by atoms with E-state index in [4.69, 9.17) is 4.99 Å². The van der Waals surface area contributed by atoms with Crippen molar-refractivity contribution in [2.75, 3.05) is 66.5 Å². The molecular weight excluding hydrogens is 300 g/mol. The standard InChI is InChI=1S/C18H36N6/c1-5-9-24-10-7-16(8-11-24)21-18(19-6-2)20-14-17-15-22(3)12-13-23(17)4/h5,16-17H,1,6-15H2,2-4H3,(H2,19,20,21). The number of rotatable bonds is 6. The zero-order chi connectivity index (χ0) is 17.4. The third-order valence-electron chi connectivity index (χ3n) is 5.10. The normalized spacial score (nSPS) is 25.6. The molecule has 6 nitrogen and oxygen atoms in total. The lowest BCUT2D eigenvalue weighted by atomic mass is 10.1. The summed E-state index contributed by atoms with van der Waals surface area (Å²) in [6.07, 6.45) is 4.34. The van der Waals surface area contributed by atoms with Gasteiger partial charge in [-0.1, -0.05) is 6.08 Å². The summed E-state index contributed by atoms with van der Waals surface area (Å²) in [6.45, 7) is 14.4. The Hall–Kier alpha value is -1.11. The van der Waals surface area contributed by atoms with E-state index in [0.29, 0.717) is 12.1 Å². The first-order valence-corrected chi connectivity index (χ1v) is 9.39. The predicted molar refractivity (Wildman–Crippen MR) is 103 cm³/mol. The monoisotopic (exact) mass is 336 g/mol. The summed E-state index contributed by atoms with van der Waals surface area (Å²) in [5, 5.41) is 7.05. The molecular formula is C18H36N6. The highest BCUT2D eigenvalue weighted by Crippen LogP contribution is 2.10. The topological polar surface area (TPSA) is 46.1 Å². The van der Waals surface area contributed by atoms with E-state index in [1.165, 1.54) is 12.8 Å². The second-order valence-electron chi connectivity index (χ2n) is 7.12. The van der Waals surface area contributed by atoms with Gasteiger partial charge in [-0.3, -0.25) is 14.8 Å². The summed E-state index contributed by atoms with van der Waals surface area (Å²) >= 11 is 0. The van der Waals surface area contributed by atoms with Gasteiger partial charge in [0, 0.05) is 57.9 Å². The zero-order valence-electron chi connectivity index (χ0n) is 15.8. The molecule has 2 N–H and O–H groups in total. The van der Waals surface area contributed by atoms with E-state index in [9.17, 15) is 0 Å². The van der Waals surface area contributed by atoms with Crippen LogP contribution in [-0.4, -0.2) is 99.2 Å². The summed E-state index contributed by atoms with van der Waals surface area (Å²) in [7, 11) is 4.41. The van der Waals surface area contributed by atoms with E-state index in [-0.39, 0.29) is 0 Å². The summed E-state index contributed by atoms with van der Waals surface area (Å²) in [5.74, 6) is 0.973. The molecule has 0 amide bonds. The average molecular weight is 337 g/mol. The highest BCUT2D eigenvalue weighted by Gasteiger charge is 2.22. The molecule has 24 heavy (non-hydrogen) atoms. The van der Waals surface area contributed by atoms with Gasteiger partial charge in [0.2, 0.25) is 0 Å². The van der Waals surface area contributed by atoms with Crippen molar-refractivity contribution < 1.29 is 0 Å². The average Bonchev–Trinajstić information content (AvgIpc) is 2.57. The molecule has 0 aromatic heterocycles. The van der Waals surface area contributed by atoms with Crippen LogP contribution < -0.4 is 10.6 Å². The van der Waals surface area contributed by atoms with Gasteiger partial charge in [0.25, 0.3) is 0 Å². The number of hydrogen-bond donors (Lipinski definition) is 2. The molecule has 2 aliphatic rings. The van der Waals surface area contributed by atoms with Gasteiger partial charge in [0.1, 0.15) is 0 Å². The first-order valence-electron chi connectivity index (χ1n) is 9.39. The minimum Gasteiger partial charge on any atom is -0.357 e. The van der Waals surface area contributed by atoms with Crippen molar-refractivity contribution in [3.8, 4) is 0 Å². The summed E-state index contributed by atoms with van der Waals surface area (Å²) in [4.78, 5) is 12.2. The van der Waals surface area contributed by atoms with Gasteiger partial charge in [0.15, 0.2) is 5.96 Å². The van der Waals surface area contributed by atoms with Crippen LogP contribution in [0.15, 0.2) is 17.6 Å². The Kier molecular flexibility index (Phi) is 8.02. The number of nitrogens with one attached hydrogen (secondary N) is 2. The molecule has 0 aliphatic carbocycles. The number of guanidine groups is 1. The number of aliphatic imine (C=N–C) groups is 1. The predicted octanol–water partition coefficient (Wildman–Crippen LogP) is 0.438. The van der Waals surface area contributed by atoms with E-state index in [2.05, 4.69) is 52.9 Å². The van der Waals surface area contributed by atoms with Crippen LogP contribution in [0.4, 0.5) is 0 Å². The first-order chi connectivity index (χ1) is 11.6. The Morgan fingerprint density at radius 1 is 1.21 bits per heavy atom. The molecule has 0 bridgehead atoms. The second-order valence-corrected chi connectivity index (χ2v) is 7.12. The number of piperidine rings is 1. The molecule has 2 aliphatic heterocycles. The molecule has 0 aromatic carbocycles. The molecule has 0 aromatic rings. The molecule has 2 rings (SSSR count). The molecule has 2 heterocycles. The van der Waals surface area contributed by atoms with E-state index < -0.39 is 0 Å². The van der Waals surface area contributed by atoms with Gasteiger partial charge in [0.05, 0.1) is 6.54 Å². The Morgan fingerprint density at radius 3 is 2.62 bits per heavy atom. The summed E-state index contributed by atoms with van der Waals surface area (Å²) in [6, 6.07) is 1.03. The molecule has 0 saturated carbocycles. The van der Waals surface area contributed by atoms with Crippen molar-refractivity contribution in [1.29, 1.82) is 0 Å². The van der Waals surface area contributed by atoms with Crippen LogP contribution in [0.2, 0.25) is 0 Å². The van der Waals surface area contributed by atoms with E-state index in [1.54, 1.807) is 0 Å². The van der Waals surface area contributed by atoms with E-state index in [0.717, 1.165) is 58.3 Å². The molecule has 2 saturated heterocycles. The minimum absolute atomic E-state index is 0.508. The molecule has 6 heteroatoms. The van der Waals surface area contributed by atoms with Crippen LogP contribution in [0.5, 0.6) is 0 Å². The lowest BCUT2D eigenvalue weighted by Crippen LogP contribution is -2.52. The number of hydrogen-bond acceptors (Lipinski definition) is 4. The van der Waals surface area contributed by atoms with Crippen LogP contribution in [0, 0.1) is 0 Å². The van der Waals surface area contributed by atoms with Crippen LogP contribution >= 0.6 is 0 Å². The van der Waals surface area contributed by atoms with Crippen molar-refractivity contribution in [1.82, 2.24) is 25.3 Å². The highest BCUT2D eigenvalue weighted by molar-refractivity contribution is 5.80. The number of piperazine rings is 1. The SMILES string of the molecule is C=CCN1CCC(NC(=NCC2CN(C)CCN2C)NCC)CC1. The fourth-order valence-electron chi connectivity index (χ4n) is 3.45. The minimum atomic E-state index is 0.508. The van der Waals surface area contributed by atoms with Gasteiger partial charge >= 0.3 is 0 Å². The fraction of sp³-hybridized carbons (Fsp3) is 0.833. The fourth-order valence-corrected chi connectivity index (χ4v) is 3.45. The van der Waals surface area contributed by atoms with Gasteiger partial charge in [-0.2, -0.15) is 0 Å². The van der Waals surface area contributed by atoms with Gasteiger partial charge in [-0.25, -0.2) is 0 Å². The Balaban J connectivity index is 1.83. The van der Waals surface area contributed by atoms with Crippen LogP contribution in [0.1, 0.15) is 19.8 Å². The zero-order valence-corrected chi connectivity index (χ0v) is 15.8. The number of likely N-dealkylation sites (N-methyl/N-ethyl adjacent to an activating group) is 2. The quantitative estimate of drug-likeness (QED) is 0.419. The van der Waals surface area contributed by atoms with Crippen molar-refractivity contribution in [3.05, 3.63) is 12.7 Å². The van der Waals surface area contributed by atoms with E-state index in [1.807, 2.05) is 6.08 Å². The van der Waals surface area contributed by atoms with Gasteiger partial charge in [-0.05, 0) is 33.9 Å². The van der Waals surface area contributed by atoms with Crippen molar-refractivity contribution >= 4 is 5.96 Å². The third-order valence-corrected chi connectivity index (χ3v) is 5.10. The number of nitrogens with zero attached hydrogens (tertiary/aromatic N) is 4. The molecule has 1 unspecified atom stereocenters. The maximum absolute atomic E-state index is 4.87. The lowest BCUT2D eigenvalue weighted by Gasteiger charge is -2.37. The maximum atomic E-state index is 4.87. The third kappa shape index (κ3) is 6.07. The highest BCUT2D eigenvalue weighted by atomic mass is 15.3. The number of likely N-dealkylation sites (tertiary alicyclic amines) is 1. The van der Waals surface area contributed by atoms with Gasteiger partial charge < -0.3 is 15.5 Å². The van der Waals surface area contributed by atoms with Crippen molar-refractivity contribution in [2.45, 2.75) is 31.8 Å². The van der Waals surface area contributed by atoms with E-state index >= 15 is 0 Å². The molecule has 0 spiro atoms. The van der Waals surface area contributed by atoms with Crippen molar-refractivity contribution in [2.24, 2.45) is 4.99 Å². The summed E-state index contributed by atoms with van der Waals surface area (Å²) in [5.41, 5.74) is 0. The van der Waals surface area contributed by atoms with Crippen LogP contribution in [0.25, 0.3) is 0 Å².